The van der Waals surface area contributed by atoms with Gasteiger partial charge in [-0.2, -0.15) is 0 Å². The van der Waals surface area contributed by atoms with E-state index in [1.165, 1.54) is 25.5 Å². The SMILES string of the molecule is C/[N+]([O-])=C/C1=C(C#CCc2ccccc2)CCCCC1. The van der Waals surface area contributed by atoms with E-state index in [1.54, 1.807) is 6.21 Å². The predicted molar refractivity (Wildman–Crippen MR) is 83.6 cm³/mol. The highest BCUT2D eigenvalue weighted by molar-refractivity contribution is 5.77. The highest BCUT2D eigenvalue weighted by atomic mass is 16.5. The zero-order valence-corrected chi connectivity index (χ0v) is 12.1. The normalized spacial score (nSPS) is 16.4. The Bertz CT molecular complexity index is 554. The number of hydrogen-bond acceptors (Lipinski definition) is 1. The Hall–Kier alpha value is -2.01. The Morgan fingerprint density at radius 1 is 1.15 bits per heavy atom. The van der Waals surface area contributed by atoms with Crippen molar-refractivity contribution in [2.75, 3.05) is 7.05 Å². The van der Waals surface area contributed by atoms with Gasteiger partial charge < -0.3 is 5.21 Å². The molecule has 1 aromatic carbocycles. The van der Waals surface area contributed by atoms with Crippen molar-refractivity contribution in [1.29, 1.82) is 0 Å². The minimum atomic E-state index is 0.769. The monoisotopic (exact) mass is 267 g/mol. The van der Waals surface area contributed by atoms with Crippen molar-refractivity contribution in [3.05, 3.63) is 52.2 Å². The van der Waals surface area contributed by atoms with Crippen LogP contribution in [0.5, 0.6) is 0 Å². The molecule has 0 aromatic heterocycles. The fourth-order valence-corrected chi connectivity index (χ4v) is 2.46. The lowest BCUT2D eigenvalue weighted by atomic mass is 10.0. The van der Waals surface area contributed by atoms with Crippen LogP contribution in [0.15, 0.2) is 41.5 Å². The van der Waals surface area contributed by atoms with Crippen molar-refractivity contribution in [3.8, 4) is 11.8 Å². The molecule has 0 radical (unpaired) electrons. The fraction of sp³-hybridized carbons (Fsp3) is 0.389. The summed E-state index contributed by atoms with van der Waals surface area (Å²) in [5, 5.41) is 11.2. The van der Waals surface area contributed by atoms with Crippen LogP contribution in [-0.2, 0) is 6.42 Å². The zero-order valence-electron chi connectivity index (χ0n) is 12.1. The van der Waals surface area contributed by atoms with E-state index in [9.17, 15) is 5.21 Å². The molecule has 0 saturated carbocycles. The van der Waals surface area contributed by atoms with E-state index < -0.39 is 0 Å². The molecule has 20 heavy (non-hydrogen) atoms. The Morgan fingerprint density at radius 3 is 2.65 bits per heavy atom. The van der Waals surface area contributed by atoms with Crippen LogP contribution in [0, 0.1) is 17.0 Å². The Kier molecular flexibility index (Phi) is 5.43. The van der Waals surface area contributed by atoms with Gasteiger partial charge in [0, 0.05) is 17.6 Å². The summed E-state index contributed by atoms with van der Waals surface area (Å²) in [5.41, 5.74) is 3.52. The summed E-state index contributed by atoms with van der Waals surface area (Å²) >= 11 is 0. The van der Waals surface area contributed by atoms with Crippen LogP contribution in [0.2, 0.25) is 0 Å². The van der Waals surface area contributed by atoms with Gasteiger partial charge in [-0.05, 0) is 31.2 Å². The molecule has 0 atom stereocenters. The van der Waals surface area contributed by atoms with E-state index in [-0.39, 0.29) is 0 Å². The number of hydrogen-bond donors (Lipinski definition) is 0. The van der Waals surface area contributed by atoms with Crippen LogP contribution in [0.25, 0.3) is 0 Å². The summed E-state index contributed by atoms with van der Waals surface area (Å²) in [6.07, 6.45) is 7.99. The molecule has 0 amide bonds. The summed E-state index contributed by atoms with van der Waals surface area (Å²) in [5.74, 6) is 6.55. The average molecular weight is 267 g/mol. The minimum Gasteiger partial charge on any atom is -0.624 e. The minimum absolute atomic E-state index is 0.769. The first kappa shape index (κ1) is 14.4. The molecular weight excluding hydrogens is 246 g/mol. The van der Waals surface area contributed by atoms with E-state index in [0.717, 1.165) is 41.6 Å². The molecule has 0 unspecified atom stereocenters. The summed E-state index contributed by atoms with van der Waals surface area (Å²) in [7, 11) is 1.53. The maximum atomic E-state index is 11.2. The molecule has 2 rings (SSSR count). The quantitative estimate of drug-likeness (QED) is 0.264. The molecular formula is C18H21NO. The number of nitrogens with zero attached hydrogens (tertiary/aromatic N) is 1. The largest absolute Gasteiger partial charge is 0.624 e. The molecule has 2 heteroatoms. The van der Waals surface area contributed by atoms with Crippen LogP contribution in [0.4, 0.5) is 0 Å². The van der Waals surface area contributed by atoms with Gasteiger partial charge in [0.05, 0.1) is 0 Å². The standard InChI is InChI=1S/C18H21NO/c1-19(20)15-18-13-7-3-6-12-17(18)14-8-11-16-9-4-2-5-10-16/h2,4-5,9-10,15H,3,6-7,11-13H2,1H3/b19-15-. The van der Waals surface area contributed by atoms with Crippen molar-refractivity contribution < 1.29 is 4.74 Å². The number of hydroxylamine groups is 1. The Labute approximate surface area is 121 Å². The Morgan fingerprint density at radius 2 is 1.90 bits per heavy atom. The van der Waals surface area contributed by atoms with Crippen molar-refractivity contribution in [3.63, 3.8) is 0 Å². The smallest absolute Gasteiger partial charge is 0.178 e. The second kappa shape index (κ2) is 7.55. The van der Waals surface area contributed by atoms with Gasteiger partial charge in [-0.15, -0.1) is 0 Å². The molecule has 1 aliphatic carbocycles. The molecule has 2 nitrogen and oxygen atoms in total. The molecule has 1 aromatic rings. The molecule has 0 bridgehead atoms. The number of rotatable bonds is 2. The van der Waals surface area contributed by atoms with Crippen molar-refractivity contribution in [2.24, 2.45) is 0 Å². The van der Waals surface area contributed by atoms with Gasteiger partial charge in [0.15, 0.2) is 6.21 Å². The van der Waals surface area contributed by atoms with E-state index in [0.29, 0.717) is 0 Å². The molecule has 0 N–H and O–H groups in total. The van der Waals surface area contributed by atoms with E-state index in [1.807, 2.05) is 18.2 Å². The van der Waals surface area contributed by atoms with E-state index in [4.69, 9.17) is 0 Å². The lowest BCUT2D eigenvalue weighted by Crippen LogP contribution is -2.01. The van der Waals surface area contributed by atoms with Gasteiger partial charge in [0.25, 0.3) is 0 Å². The van der Waals surface area contributed by atoms with Crippen LogP contribution < -0.4 is 0 Å². The topological polar surface area (TPSA) is 26.1 Å². The van der Waals surface area contributed by atoms with Gasteiger partial charge >= 0.3 is 0 Å². The molecule has 1 aliphatic rings. The third kappa shape index (κ3) is 4.59. The fourth-order valence-electron chi connectivity index (χ4n) is 2.46. The lowest BCUT2D eigenvalue weighted by Gasteiger charge is -2.02. The first-order chi connectivity index (χ1) is 9.75. The highest BCUT2D eigenvalue weighted by Gasteiger charge is 2.10. The highest BCUT2D eigenvalue weighted by Crippen LogP contribution is 2.22. The molecule has 0 heterocycles. The van der Waals surface area contributed by atoms with Crippen molar-refractivity contribution in [2.45, 2.75) is 38.5 Å². The second-order valence-electron chi connectivity index (χ2n) is 5.20. The summed E-state index contributed by atoms with van der Waals surface area (Å²) in [6, 6.07) is 10.3. The third-order valence-corrected chi connectivity index (χ3v) is 3.47. The van der Waals surface area contributed by atoms with Crippen molar-refractivity contribution in [1.82, 2.24) is 0 Å². The molecule has 0 fully saturated rings. The summed E-state index contributed by atoms with van der Waals surface area (Å²) in [6.45, 7) is 0. The van der Waals surface area contributed by atoms with Crippen LogP contribution in [-0.4, -0.2) is 18.0 Å². The zero-order chi connectivity index (χ0) is 14.2. The van der Waals surface area contributed by atoms with Gasteiger partial charge in [0.2, 0.25) is 0 Å². The second-order valence-corrected chi connectivity index (χ2v) is 5.20. The molecule has 0 spiro atoms. The third-order valence-electron chi connectivity index (χ3n) is 3.47. The number of benzene rings is 1. The maximum Gasteiger partial charge on any atom is 0.178 e. The van der Waals surface area contributed by atoms with Crippen LogP contribution >= 0.6 is 0 Å². The van der Waals surface area contributed by atoms with Crippen LogP contribution in [0.1, 0.15) is 37.7 Å². The predicted octanol–water partition coefficient (Wildman–Crippen LogP) is 3.70. The number of allylic oxidation sites excluding steroid dienone is 2. The summed E-state index contributed by atoms with van der Waals surface area (Å²) < 4.78 is 0.888. The Balaban J connectivity index is 2.15. The molecule has 0 saturated heterocycles. The maximum absolute atomic E-state index is 11.2. The first-order valence-electron chi connectivity index (χ1n) is 7.25. The van der Waals surface area contributed by atoms with E-state index in [2.05, 4.69) is 24.0 Å². The molecule has 104 valence electrons. The van der Waals surface area contributed by atoms with Crippen molar-refractivity contribution >= 4 is 6.21 Å². The van der Waals surface area contributed by atoms with Gasteiger partial charge in [-0.1, -0.05) is 48.6 Å². The van der Waals surface area contributed by atoms with Gasteiger partial charge in [0.1, 0.15) is 7.05 Å². The molecule has 0 aliphatic heterocycles. The van der Waals surface area contributed by atoms with Gasteiger partial charge in [-0.25, -0.2) is 4.74 Å². The van der Waals surface area contributed by atoms with E-state index >= 15 is 0 Å². The van der Waals surface area contributed by atoms with Gasteiger partial charge in [-0.3, -0.25) is 0 Å². The first-order valence-corrected chi connectivity index (χ1v) is 7.25. The van der Waals surface area contributed by atoms with Crippen LogP contribution in [0.3, 0.4) is 0 Å². The summed E-state index contributed by atoms with van der Waals surface area (Å²) in [4.78, 5) is 0. The average Bonchev–Trinajstić information content (AvgIpc) is 2.65. The lowest BCUT2D eigenvalue weighted by molar-refractivity contribution is -0.417.